The molecule has 6 aromatic rings. The second-order valence-electron chi connectivity index (χ2n) is 24.2. The number of carbonyl (C=O) groups is 7. The van der Waals surface area contributed by atoms with Crippen molar-refractivity contribution in [3.05, 3.63) is 207 Å². The number of amides is 3. The van der Waals surface area contributed by atoms with Gasteiger partial charge in [-0.25, -0.2) is 4.79 Å². The third-order valence-corrected chi connectivity index (χ3v) is 16.8. The third kappa shape index (κ3) is 26.4. The molecular weight excluding hydrogens is 1680 g/mol. The quantitative estimate of drug-likeness (QED) is 0.0156. The number of carboxylic acid groups (broad SMARTS) is 1. The van der Waals surface area contributed by atoms with Gasteiger partial charge in [0.2, 0.25) is 0 Å². The number of esters is 3. The van der Waals surface area contributed by atoms with Gasteiger partial charge in [-0.05, 0) is 130 Å². The highest BCUT2D eigenvalue weighted by Crippen LogP contribution is 2.41. The van der Waals surface area contributed by atoms with Crippen LogP contribution in [0.1, 0.15) is 148 Å². The molecule has 0 bridgehead atoms. The van der Waals surface area contributed by atoms with Crippen LogP contribution in [0.15, 0.2) is 146 Å². The first-order valence-corrected chi connectivity index (χ1v) is 38.7. The summed E-state index contributed by atoms with van der Waals surface area (Å²) in [6.45, 7) is 16.9. The Bertz CT molecular complexity index is 3610. The fourth-order valence-corrected chi connectivity index (χ4v) is 10.8. The van der Waals surface area contributed by atoms with E-state index in [-0.39, 0.29) is 54.2 Å². The standard InChI is InChI=1S/C25H35BO9.C21H25NO6.C9H10BrNO.C9H11NO.C8H8O2.I2.HI/c1-14-21(18-10-9-11-19(12-18)26-34-24(5,6)25(7,8)35-26)33-20(13-30-15(2)27)23(32-17(4)29)22(14)31-16(3)28;1-22-21(27)15-7-3-5-13(10-15)8-12-4-2-6-14(9-12)20-19(26)18(25)17(24)16(11-23)28-20;1-11-9(12)8-4-2-3-7(5-8)6-10;1-7-4-3-5-8(6-7)9(11)10-2;1-6-3-2-4-7(5-6)8(9)10;1-2;/h9-12,14,20-23H,13H2,1-8H3;2-7,9-10,16-20,23-26H,8,11H2,1H3,(H,22,27);2-5H,6H2,1H3,(H,11,12);3-6H,1-2H3,(H,10,11);2-5H,1H3,(H,9,10);;1H/t14-,20-,21+,22-,23-;16-,17-,18+,19+,20-;;;;;/m11...../s1. The lowest BCUT2D eigenvalue weighted by Gasteiger charge is -2.44. The summed E-state index contributed by atoms with van der Waals surface area (Å²) in [5.41, 5.74) is 8.68. The fourth-order valence-electron chi connectivity index (χ4n) is 10.5. The number of alkyl halides is 1. The predicted molar refractivity (Wildman–Crippen MR) is 407 cm³/mol. The van der Waals surface area contributed by atoms with Crippen LogP contribution < -0.4 is 21.4 Å². The molecule has 3 aliphatic heterocycles. The lowest BCUT2D eigenvalue weighted by molar-refractivity contribution is -0.232. The predicted octanol–water partition coefficient (Wildman–Crippen LogP) is 10.0. The van der Waals surface area contributed by atoms with Gasteiger partial charge in [-0.2, -0.15) is 0 Å². The molecular formula is C72H90BBrI3N3O19. The van der Waals surface area contributed by atoms with Crippen molar-refractivity contribution in [3.8, 4) is 0 Å². The summed E-state index contributed by atoms with van der Waals surface area (Å²) in [4.78, 5) is 79.6. The van der Waals surface area contributed by atoms with E-state index in [0.29, 0.717) is 34.2 Å². The van der Waals surface area contributed by atoms with Gasteiger partial charge in [-0.3, -0.25) is 28.8 Å². The van der Waals surface area contributed by atoms with E-state index >= 15 is 0 Å². The normalized spacial score (nSPS) is 21.3. The minimum Gasteiger partial charge on any atom is -0.478 e. The highest BCUT2D eigenvalue weighted by molar-refractivity contribution is 15.0. The van der Waals surface area contributed by atoms with Crippen LogP contribution in [0, 0.1) is 19.8 Å². The van der Waals surface area contributed by atoms with E-state index in [9.17, 15) is 54.0 Å². The van der Waals surface area contributed by atoms with Crippen molar-refractivity contribution in [2.75, 3.05) is 34.4 Å². The van der Waals surface area contributed by atoms with E-state index in [1.807, 2.05) is 152 Å². The molecule has 0 spiro atoms. The summed E-state index contributed by atoms with van der Waals surface area (Å²) < 4.78 is 40.6. The number of carbonyl (C=O) groups excluding carboxylic acids is 6. The Labute approximate surface area is 628 Å². The second kappa shape index (κ2) is 42.4. The molecule has 0 aliphatic carbocycles. The lowest BCUT2D eigenvalue weighted by atomic mass is 9.76. The van der Waals surface area contributed by atoms with Gasteiger partial charge >= 0.3 is 31.0 Å². The Kier molecular flexibility index (Phi) is 37.4. The molecule has 9 rings (SSSR count). The van der Waals surface area contributed by atoms with E-state index in [4.69, 9.17) is 38.1 Å². The average Bonchev–Trinajstić information content (AvgIpc) is 1.74. The van der Waals surface area contributed by atoms with E-state index in [1.54, 1.807) is 63.6 Å². The number of halogens is 4. The summed E-state index contributed by atoms with van der Waals surface area (Å²) >= 11 is 7.57. The number of rotatable bonds is 15. The van der Waals surface area contributed by atoms with Crippen LogP contribution in [0.2, 0.25) is 0 Å². The Morgan fingerprint density at radius 1 is 0.545 bits per heavy atom. The Balaban J connectivity index is 0.000000350. The van der Waals surface area contributed by atoms with Crippen molar-refractivity contribution in [1.82, 2.24) is 16.0 Å². The van der Waals surface area contributed by atoms with Crippen molar-refractivity contribution in [2.45, 2.75) is 147 Å². The Morgan fingerprint density at radius 3 is 1.43 bits per heavy atom. The van der Waals surface area contributed by atoms with Crippen molar-refractivity contribution in [2.24, 2.45) is 5.92 Å². The number of nitrogens with one attached hydrogen (secondary N) is 3. The number of aryl methyl sites for hydroxylation is 2. The first-order chi connectivity index (χ1) is 46.4. The van der Waals surface area contributed by atoms with Crippen LogP contribution in [0.25, 0.3) is 0 Å². The topological polar surface area (TPSA) is 321 Å². The van der Waals surface area contributed by atoms with Gasteiger partial charge < -0.3 is 74.5 Å². The average molecular weight is 1770 g/mol. The van der Waals surface area contributed by atoms with Gasteiger partial charge in [0.1, 0.15) is 49.3 Å². The number of benzene rings is 6. The molecule has 6 aromatic carbocycles. The number of ether oxygens (including phenoxy) is 5. The number of carboxylic acids is 1. The number of aromatic carboxylic acids is 1. The molecule has 3 saturated heterocycles. The zero-order valence-electron chi connectivity index (χ0n) is 57.5. The lowest BCUT2D eigenvalue weighted by Crippen LogP contribution is -2.55. The van der Waals surface area contributed by atoms with Crippen LogP contribution in [-0.4, -0.2) is 163 Å². The SMILES string of the molecule is CC(=O)OC[C@H]1O[C@H](c2cccc(B3OC(C)(C)C(C)(C)O3)c2)[C@@H](C)[C@@H](OC(C)=O)[C@@H]1OC(C)=O.CNC(=O)c1cccc(C)c1.CNC(=O)c1cccc(CBr)c1.CNC(=O)c1cccc(Cc2cccc([C@H]3O[C@H](CO)[C@@H](O)[C@H](O)[C@@H]3O)c2)c1.Cc1cccc(C(=O)O)c1.I.II. The monoisotopic (exact) mass is 1770 g/mol. The van der Waals surface area contributed by atoms with Crippen LogP contribution in [0.5, 0.6) is 0 Å². The van der Waals surface area contributed by atoms with E-state index in [1.165, 1.54) is 20.8 Å². The van der Waals surface area contributed by atoms with Crippen molar-refractivity contribution in [3.63, 3.8) is 0 Å². The van der Waals surface area contributed by atoms with E-state index < -0.39 is 104 Å². The molecule has 27 heteroatoms. The highest BCUT2D eigenvalue weighted by Gasteiger charge is 2.53. The summed E-state index contributed by atoms with van der Waals surface area (Å²) in [5.74, 6) is -3.07. The van der Waals surface area contributed by atoms with Gasteiger partial charge in [0.05, 0.1) is 29.5 Å². The van der Waals surface area contributed by atoms with Crippen LogP contribution >= 0.6 is 77.1 Å². The Hall–Kier alpha value is -5.98. The molecule has 10 atom stereocenters. The maximum Gasteiger partial charge on any atom is 0.494 e. The van der Waals surface area contributed by atoms with Crippen molar-refractivity contribution >= 4 is 131 Å². The molecule has 0 saturated carbocycles. The molecule has 3 aliphatic rings. The molecule has 8 N–H and O–H groups in total. The smallest absolute Gasteiger partial charge is 0.478 e. The highest BCUT2D eigenvalue weighted by atomic mass is 128. The summed E-state index contributed by atoms with van der Waals surface area (Å²) in [6.07, 6.45) is -8.49. The largest absolute Gasteiger partial charge is 0.494 e. The third-order valence-electron chi connectivity index (χ3n) is 16.2. The molecule has 3 amide bonds. The van der Waals surface area contributed by atoms with Gasteiger partial charge in [-0.1, -0.05) is 131 Å². The number of hydrogen-bond acceptors (Lipinski definition) is 18. The van der Waals surface area contributed by atoms with Crippen LogP contribution in [0.4, 0.5) is 0 Å². The van der Waals surface area contributed by atoms with Crippen LogP contribution in [0.3, 0.4) is 0 Å². The van der Waals surface area contributed by atoms with Gasteiger partial charge in [0.25, 0.3) is 17.7 Å². The minimum absolute atomic E-state index is 0. The molecule has 0 aromatic heterocycles. The molecule has 0 radical (unpaired) electrons. The molecule has 538 valence electrons. The maximum atomic E-state index is 11.9. The van der Waals surface area contributed by atoms with Crippen LogP contribution in [-0.2, 0) is 59.1 Å². The Morgan fingerprint density at radius 2 is 0.970 bits per heavy atom. The molecule has 0 unspecified atom stereocenters. The molecule has 22 nitrogen and oxygen atoms in total. The van der Waals surface area contributed by atoms with Crippen molar-refractivity contribution in [1.29, 1.82) is 0 Å². The summed E-state index contributed by atoms with van der Waals surface area (Å²) in [7, 11) is 4.28. The zero-order valence-corrected chi connectivity index (χ0v) is 65.8. The van der Waals surface area contributed by atoms with Gasteiger partial charge in [0, 0.05) is 107 Å². The van der Waals surface area contributed by atoms with E-state index in [2.05, 4.69) is 69.1 Å². The number of aliphatic hydroxyl groups is 4. The summed E-state index contributed by atoms with van der Waals surface area (Å²) in [6, 6.07) is 44.1. The zero-order chi connectivity index (χ0) is 73.2. The number of hydrogen-bond donors (Lipinski definition) is 8. The first kappa shape index (κ1) is 87.2. The maximum absolute atomic E-state index is 11.9. The van der Waals surface area contributed by atoms with Crippen molar-refractivity contribution < 1.29 is 92.1 Å². The second-order valence-corrected chi connectivity index (χ2v) is 24.7. The minimum atomic E-state index is -1.41. The van der Waals surface area contributed by atoms with Gasteiger partial charge in [0.15, 0.2) is 6.10 Å². The molecule has 3 fully saturated rings. The first-order valence-electron chi connectivity index (χ1n) is 31.3. The van der Waals surface area contributed by atoms with E-state index in [0.717, 1.165) is 44.2 Å². The van der Waals surface area contributed by atoms with Gasteiger partial charge in [-0.15, -0.1) is 24.0 Å². The number of aliphatic hydroxyl groups excluding tert-OH is 4. The fraction of sp³-hybridized carbons (Fsp3) is 0.403. The summed E-state index contributed by atoms with van der Waals surface area (Å²) in [5, 5.41) is 56.7. The molecule has 99 heavy (non-hydrogen) atoms. The molecule has 3 heterocycles.